The normalized spacial score (nSPS) is 19.0. The van der Waals surface area contributed by atoms with Crippen LogP contribution in [-0.2, 0) is 11.3 Å². The van der Waals surface area contributed by atoms with Crippen molar-refractivity contribution in [1.29, 1.82) is 0 Å². The molecule has 0 spiro atoms. The Balaban J connectivity index is 1.43. The minimum absolute atomic E-state index is 0.0129. The first-order valence-electron chi connectivity index (χ1n) is 10.2. The highest BCUT2D eigenvalue weighted by Gasteiger charge is 2.28. The van der Waals surface area contributed by atoms with Crippen molar-refractivity contribution in [2.24, 2.45) is 5.92 Å². The van der Waals surface area contributed by atoms with E-state index in [0.717, 1.165) is 58.6 Å². The summed E-state index contributed by atoms with van der Waals surface area (Å²) >= 11 is 9.47. The Hall–Kier alpha value is -1.90. The number of hydrogen-bond donors (Lipinski definition) is 0. The summed E-state index contributed by atoms with van der Waals surface area (Å²) in [7, 11) is 0. The summed E-state index contributed by atoms with van der Waals surface area (Å²) in [6, 6.07) is 6.15. The fourth-order valence-corrected chi connectivity index (χ4v) is 4.67. The van der Waals surface area contributed by atoms with Gasteiger partial charge in [0.05, 0.1) is 9.99 Å². The number of benzene rings is 1. The van der Waals surface area contributed by atoms with E-state index in [4.69, 9.17) is 21.1 Å². The van der Waals surface area contributed by atoms with E-state index >= 15 is 0 Å². The molecule has 1 aliphatic heterocycles. The SMILES string of the molecule is Cc1c(N2CCCC2OCCl)ccnc1Oc1ccc2c(nnn2CC2CC2)c1Br. The predicted octanol–water partition coefficient (Wildman–Crippen LogP) is 5.24. The van der Waals surface area contributed by atoms with E-state index in [9.17, 15) is 0 Å². The zero-order valence-corrected chi connectivity index (χ0v) is 19.1. The Morgan fingerprint density at radius 2 is 2.10 bits per heavy atom. The molecule has 7 nitrogen and oxygen atoms in total. The van der Waals surface area contributed by atoms with Crippen LogP contribution in [-0.4, -0.2) is 38.8 Å². The largest absolute Gasteiger partial charge is 0.437 e. The van der Waals surface area contributed by atoms with Crippen LogP contribution in [0.2, 0.25) is 0 Å². The van der Waals surface area contributed by atoms with Crippen molar-refractivity contribution < 1.29 is 9.47 Å². The molecule has 2 aliphatic rings. The van der Waals surface area contributed by atoms with Crippen molar-refractivity contribution in [2.75, 3.05) is 17.5 Å². The van der Waals surface area contributed by atoms with Crippen LogP contribution < -0.4 is 9.64 Å². The summed E-state index contributed by atoms with van der Waals surface area (Å²) < 4.78 is 14.7. The van der Waals surface area contributed by atoms with E-state index in [1.165, 1.54) is 12.8 Å². The fourth-order valence-electron chi connectivity index (χ4n) is 4.03. The lowest BCUT2D eigenvalue weighted by Crippen LogP contribution is -2.31. The van der Waals surface area contributed by atoms with Crippen molar-refractivity contribution in [2.45, 2.75) is 45.4 Å². The number of alkyl halides is 1. The number of anilines is 1. The molecule has 1 aromatic carbocycles. The van der Waals surface area contributed by atoms with Crippen LogP contribution in [0.15, 0.2) is 28.9 Å². The van der Waals surface area contributed by atoms with Crippen LogP contribution in [0.25, 0.3) is 11.0 Å². The highest BCUT2D eigenvalue weighted by Crippen LogP contribution is 2.39. The Morgan fingerprint density at radius 3 is 2.90 bits per heavy atom. The Morgan fingerprint density at radius 1 is 1.23 bits per heavy atom. The van der Waals surface area contributed by atoms with Crippen molar-refractivity contribution in [3.05, 3.63) is 34.4 Å². The van der Waals surface area contributed by atoms with Crippen molar-refractivity contribution in [1.82, 2.24) is 20.0 Å². The highest BCUT2D eigenvalue weighted by atomic mass is 79.9. The van der Waals surface area contributed by atoms with Gasteiger partial charge in [0.1, 0.15) is 23.6 Å². The smallest absolute Gasteiger partial charge is 0.224 e. The van der Waals surface area contributed by atoms with Gasteiger partial charge in [0.15, 0.2) is 0 Å². The van der Waals surface area contributed by atoms with E-state index in [0.29, 0.717) is 11.6 Å². The minimum atomic E-state index is -0.0129. The number of halogens is 2. The average Bonchev–Trinajstić information content (AvgIpc) is 3.28. The second-order valence-corrected chi connectivity index (χ2v) is 8.90. The van der Waals surface area contributed by atoms with Gasteiger partial charge in [0.25, 0.3) is 0 Å². The van der Waals surface area contributed by atoms with Gasteiger partial charge < -0.3 is 14.4 Å². The van der Waals surface area contributed by atoms with Gasteiger partial charge in [0.2, 0.25) is 5.88 Å². The van der Waals surface area contributed by atoms with Crippen molar-refractivity contribution in [3.8, 4) is 11.6 Å². The molecule has 30 heavy (non-hydrogen) atoms. The molecule has 3 aromatic rings. The molecule has 0 radical (unpaired) electrons. The van der Waals surface area contributed by atoms with Crippen LogP contribution in [0.5, 0.6) is 11.6 Å². The van der Waals surface area contributed by atoms with Gasteiger partial charge in [-0.2, -0.15) is 0 Å². The Labute approximate surface area is 188 Å². The molecule has 9 heteroatoms. The molecule has 3 heterocycles. The third-order valence-electron chi connectivity index (χ3n) is 5.82. The molecule has 1 saturated carbocycles. The molecule has 2 aromatic heterocycles. The number of rotatable bonds is 7. The number of ether oxygens (including phenoxy) is 2. The maximum Gasteiger partial charge on any atom is 0.224 e. The number of aromatic nitrogens is 4. The van der Waals surface area contributed by atoms with Gasteiger partial charge in [-0.3, -0.25) is 0 Å². The summed E-state index contributed by atoms with van der Waals surface area (Å²) in [6.07, 6.45) is 6.34. The predicted molar refractivity (Wildman–Crippen MR) is 119 cm³/mol. The van der Waals surface area contributed by atoms with Gasteiger partial charge in [0, 0.05) is 30.5 Å². The van der Waals surface area contributed by atoms with Crippen molar-refractivity contribution in [3.63, 3.8) is 0 Å². The van der Waals surface area contributed by atoms with E-state index < -0.39 is 0 Å². The first-order chi connectivity index (χ1) is 14.7. The highest BCUT2D eigenvalue weighted by molar-refractivity contribution is 9.10. The monoisotopic (exact) mass is 491 g/mol. The van der Waals surface area contributed by atoms with Gasteiger partial charge in [-0.15, -0.1) is 5.10 Å². The third-order valence-corrected chi connectivity index (χ3v) is 6.71. The first-order valence-corrected chi connectivity index (χ1v) is 11.6. The molecule has 1 unspecified atom stereocenters. The second kappa shape index (κ2) is 8.32. The Bertz CT molecular complexity index is 1070. The summed E-state index contributed by atoms with van der Waals surface area (Å²) in [5.74, 6) is 1.97. The van der Waals surface area contributed by atoms with E-state index in [1.807, 2.05) is 29.8 Å². The van der Waals surface area contributed by atoms with Crippen LogP contribution >= 0.6 is 27.5 Å². The molecular formula is C21H23BrClN5O2. The minimum Gasteiger partial charge on any atom is -0.437 e. The van der Waals surface area contributed by atoms with E-state index in [-0.39, 0.29) is 12.3 Å². The topological polar surface area (TPSA) is 65.3 Å². The summed E-state index contributed by atoms with van der Waals surface area (Å²) in [4.78, 5) is 6.70. The van der Waals surface area contributed by atoms with Crippen LogP contribution in [0.4, 0.5) is 5.69 Å². The number of fused-ring (bicyclic) bond motifs is 1. The average molecular weight is 493 g/mol. The van der Waals surface area contributed by atoms with Gasteiger partial charge in [-0.25, -0.2) is 9.67 Å². The molecule has 0 amide bonds. The number of hydrogen-bond acceptors (Lipinski definition) is 6. The molecule has 0 bridgehead atoms. The number of pyridine rings is 1. The maximum absolute atomic E-state index is 6.22. The first kappa shape index (κ1) is 20.0. The molecule has 1 atom stereocenters. The molecule has 158 valence electrons. The summed E-state index contributed by atoms with van der Waals surface area (Å²) in [6.45, 7) is 3.87. The quantitative estimate of drug-likeness (QED) is 0.420. The summed E-state index contributed by atoms with van der Waals surface area (Å²) in [5.41, 5.74) is 3.84. The molecule has 5 rings (SSSR count). The Kier molecular flexibility index (Phi) is 5.56. The number of nitrogens with zero attached hydrogens (tertiary/aromatic N) is 5. The molecular weight excluding hydrogens is 470 g/mol. The van der Waals surface area contributed by atoms with Crippen LogP contribution in [0.1, 0.15) is 31.2 Å². The molecule has 1 aliphatic carbocycles. The fraction of sp³-hybridized carbons (Fsp3) is 0.476. The van der Waals surface area contributed by atoms with E-state index in [2.05, 4.69) is 36.1 Å². The lowest BCUT2D eigenvalue weighted by Gasteiger charge is -2.27. The zero-order chi connectivity index (χ0) is 20.7. The molecule has 0 N–H and O–H groups in total. The maximum atomic E-state index is 6.22. The second-order valence-electron chi connectivity index (χ2n) is 7.89. The lowest BCUT2D eigenvalue weighted by atomic mass is 10.2. The zero-order valence-electron chi connectivity index (χ0n) is 16.7. The van der Waals surface area contributed by atoms with Crippen LogP contribution in [0.3, 0.4) is 0 Å². The standard InChI is InChI=1S/C21H23BrClN5O2/c1-13-15(27-10-2-3-18(27)29-12-23)8-9-24-21(13)30-17-7-6-16-20(19(17)22)25-26-28(16)11-14-4-5-14/h6-9,14,18H,2-5,10-12H2,1H3. The van der Waals surface area contributed by atoms with E-state index in [1.54, 1.807) is 6.20 Å². The van der Waals surface area contributed by atoms with Gasteiger partial charge >= 0.3 is 0 Å². The molecule has 2 fully saturated rings. The lowest BCUT2D eigenvalue weighted by molar-refractivity contribution is 0.0955. The van der Waals surface area contributed by atoms with Crippen molar-refractivity contribution >= 4 is 44.3 Å². The summed E-state index contributed by atoms with van der Waals surface area (Å²) in [5, 5.41) is 8.69. The van der Waals surface area contributed by atoms with Gasteiger partial charge in [-0.05, 0) is 72.7 Å². The third kappa shape index (κ3) is 3.76. The van der Waals surface area contributed by atoms with Gasteiger partial charge in [-0.1, -0.05) is 16.8 Å². The molecule has 1 saturated heterocycles. The van der Waals surface area contributed by atoms with Crippen LogP contribution in [0, 0.1) is 12.8 Å².